The summed E-state index contributed by atoms with van der Waals surface area (Å²) in [6.07, 6.45) is 5.02. The monoisotopic (exact) mass is 452 g/mol. The minimum Gasteiger partial charge on any atom is -0.496 e. The van der Waals surface area contributed by atoms with Gasteiger partial charge in [0.1, 0.15) is 18.1 Å². The lowest BCUT2D eigenvalue weighted by atomic mass is 10.1. The van der Waals surface area contributed by atoms with E-state index in [1.165, 1.54) is 5.56 Å². The zero-order valence-electron chi connectivity index (χ0n) is 19.7. The summed E-state index contributed by atoms with van der Waals surface area (Å²) in [5.74, 6) is 1.45. The van der Waals surface area contributed by atoms with Crippen LogP contribution in [0.1, 0.15) is 34.1 Å². The van der Waals surface area contributed by atoms with Crippen LogP contribution in [0.4, 0.5) is 0 Å². The zero-order valence-corrected chi connectivity index (χ0v) is 19.7. The van der Waals surface area contributed by atoms with Gasteiger partial charge in [0, 0.05) is 17.8 Å². The first-order valence-electron chi connectivity index (χ1n) is 11.3. The number of allylic oxidation sites excluding steroid dienone is 1. The van der Waals surface area contributed by atoms with Gasteiger partial charge >= 0.3 is 0 Å². The number of ketones is 1. The Labute approximate surface area is 200 Å². The Morgan fingerprint density at radius 1 is 1.00 bits per heavy atom. The summed E-state index contributed by atoms with van der Waals surface area (Å²) >= 11 is 0. The Morgan fingerprint density at radius 3 is 2.41 bits per heavy atom. The van der Waals surface area contributed by atoms with Crippen molar-refractivity contribution in [3.63, 3.8) is 0 Å². The van der Waals surface area contributed by atoms with Crippen molar-refractivity contribution in [3.05, 3.63) is 107 Å². The fraction of sp³-hybridized carbons (Fsp3) is 0.172. The highest BCUT2D eigenvalue weighted by atomic mass is 16.5. The molecule has 5 heteroatoms. The van der Waals surface area contributed by atoms with Gasteiger partial charge in [-0.05, 0) is 60.9 Å². The van der Waals surface area contributed by atoms with E-state index in [9.17, 15) is 4.79 Å². The van der Waals surface area contributed by atoms with E-state index in [1.807, 2.05) is 73.1 Å². The molecule has 0 spiro atoms. The molecule has 0 unspecified atom stereocenters. The molecule has 0 aliphatic rings. The number of methoxy groups -OCH3 is 1. The second-order valence-electron chi connectivity index (χ2n) is 7.91. The number of carbonyl (C=O) groups excluding carboxylic acids is 1. The standard InChI is InChI=1S/C29H28N2O3/c1-4-31-21(2)27(19-30-31)28(32)16-10-22-11-17-29(33-3)25(18-22)20-34-26-14-12-24(13-15-26)23-8-6-5-7-9-23/h5-19H,4,20H2,1-3H3/b16-10+. The van der Waals surface area contributed by atoms with Crippen molar-refractivity contribution >= 4 is 11.9 Å². The van der Waals surface area contributed by atoms with Crippen LogP contribution in [-0.2, 0) is 13.2 Å². The van der Waals surface area contributed by atoms with Crippen molar-refractivity contribution in [2.45, 2.75) is 27.0 Å². The molecule has 5 nitrogen and oxygen atoms in total. The van der Waals surface area contributed by atoms with Gasteiger partial charge in [-0.1, -0.05) is 54.6 Å². The molecule has 0 N–H and O–H groups in total. The summed E-state index contributed by atoms with van der Waals surface area (Å²) in [6, 6.07) is 24.1. The van der Waals surface area contributed by atoms with E-state index < -0.39 is 0 Å². The Morgan fingerprint density at radius 2 is 1.74 bits per heavy atom. The first-order chi connectivity index (χ1) is 16.6. The molecular weight excluding hydrogens is 424 g/mol. The quantitative estimate of drug-likeness (QED) is 0.219. The second kappa shape index (κ2) is 10.7. The van der Waals surface area contributed by atoms with Gasteiger partial charge in [-0.2, -0.15) is 5.10 Å². The van der Waals surface area contributed by atoms with Crippen molar-refractivity contribution in [2.24, 2.45) is 0 Å². The van der Waals surface area contributed by atoms with Crippen LogP contribution in [0.15, 0.2) is 85.1 Å². The molecule has 172 valence electrons. The molecule has 0 saturated heterocycles. The average molecular weight is 453 g/mol. The third-order valence-corrected chi connectivity index (χ3v) is 5.76. The summed E-state index contributed by atoms with van der Waals surface area (Å²) in [6.45, 7) is 5.00. The molecule has 0 saturated carbocycles. The largest absolute Gasteiger partial charge is 0.496 e. The number of aryl methyl sites for hydroxylation is 1. The maximum Gasteiger partial charge on any atom is 0.189 e. The summed E-state index contributed by atoms with van der Waals surface area (Å²) in [5, 5.41) is 4.25. The van der Waals surface area contributed by atoms with Gasteiger partial charge in [0.05, 0.1) is 18.9 Å². The molecule has 1 aromatic heterocycles. The number of nitrogens with zero attached hydrogens (tertiary/aromatic N) is 2. The van der Waals surface area contributed by atoms with E-state index in [-0.39, 0.29) is 5.78 Å². The molecule has 34 heavy (non-hydrogen) atoms. The highest BCUT2D eigenvalue weighted by Crippen LogP contribution is 2.25. The lowest BCUT2D eigenvalue weighted by molar-refractivity contribution is 0.104. The Hall–Kier alpha value is -4.12. The SMILES string of the molecule is CCn1ncc(C(=O)/C=C/c2ccc(OC)c(COc3ccc(-c4ccccc4)cc3)c2)c1C. The average Bonchev–Trinajstić information content (AvgIpc) is 3.27. The van der Waals surface area contributed by atoms with Gasteiger partial charge in [0.25, 0.3) is 0 Å². The number of carbonyl (C=O) groups is 1. The van der Waals surface area contributed by atoms with Crippen molar-refractivity contribution in [1.82, 2.24) is 9.78 Å². The molecule has 0 aliphatic carbocycles. The van der Waals surface area contributed by atoms with Crippen LogP contribution in [0.3, 0.4) is 0 Å². The molecule has 4 rings (SSSR count). The maximum absolute atomic E-state index is 12.6. The maximum atomic E-state index is 12.6. The third kappa shape index (κ3) is 5.26. The molecule has 4 aromatic rings. The third-order valence-electron chi connectivity index (χ3n) is 5.76. The van der Waals surface area contributed by atoms with E-state index in [2.05, 4.69) is 29.4 Å². The molecule has 0 fully saturated rings. The van der Waals surface area contributed by atoms with Crippen molar-refractivity contribution in [3.8, 4) is 22.6 Å². The minimum absolute atomic E-state index is 0.0654. The van der Waals surface area contributed by atoms with Gasteiger partial charge in [-0.15, -0.1) is 0 Å². The predicted octanol–water partition coefficient (Wildman–Crippen LogP) is 6.36. The fourth-order valence-corrected chi connectivity index (χ4v) is 3.82. The molecule has 0 atom stereocenters. The normalized spacial score (nSPS) is 11.0. The Balaban J connectivity index is 1.45. The molecule has 3 aromatic carbocycles. The lowest BCUT2D eigenvalue weighted by Crippen LogP contribution is -2.02. The summed E-state index contributed by atoms with van der Waals surface area (Å²) in [5.41, 5.74) is 5.60. The zero-order chi connectivity index (χ0) is 23.9. The summed E-state index contributed by atoms with van der Waals surface area (Å²) in [4.78, 5) is 12.6. The Kier molecular flexibility index (Phi) is 7.23. The molecular formula is C29H28N2O3. The number of rotatable bonds is 9. The van der Waals surface area contributed by atoms with Gasteiger partial charge < -0.3 is 9.47 Å². The molecule has 0 radical (unpaired) electrons. The van der Waals surface area contributed by atoms with Crippen molar-refractivity contribution in [2.75, 3.05) is 7.11 Å². The highest BCUT2D eigenvalue weighted by molar-refractivity contribution is 6.07. The van der Waals surface area contributed by atoms with Crippen LogP contribution in [0.25, 0.3) is 17.2 Å². The second-order valence-corrected chi connectivity index (χ2v) is 7.91. The highest BCUT2D eigenvalue weighted by Gasteiger charge is 2.11. The van der Waals surface area contributed by atoms with Gasteiger partial charge in [-0.25, -0.2) is 0 Å². The first kappa shape index (κ1) is 23.1. The van der Waals surface area contributed by atoms with Crippen LogP contribution >= 0.6 is 0 Å². The van der Waals surface area contributed by atoms with E-state index in [0.29, 0.717) is 12.2 Å². The van der Waals surface area contributed by atoms with Crippen LogP contribution < -0.4 is 9.47 Å². The summed E-state index contributed by atoms with van der Waals surface area (Å²) < 4.78 is 13.3. The van der Waals surface area contributed by atoms with E-state index in [0.717, 1.165) is 40.4 Å². The van der Waals surface area contributed by atoms with Crippen LogP contribution in [0, 0.1) is 6.92 Å². The molecule has 0 bridgehead atoms. The van der Waals surface area contributed by atoms with Gasteiger partial charge in [-0.3, -0.25) is 9.48 Å². The topological polar surface area (TPSA) is 53.4 Å². The molecule has 0 aliphatic heterocycles. The number of hydrogen-bond acceptors (Lipinski definition) is 4. The number of hydrogen-bond donors (Lipinski definition) is 0. The molecule has 0 amide bonds. The van der Waals surface area contributed by atoms with E-state index in [4.69, 9.17) is 9.47 Å². The summed E-state index contributed by atoms with van der Waals surface area (Å²) in [7, 11) is 1.64. The lowest BCUT2D eigenvalue weighted by Gasteiger charge is -2.12. The van der Waals surface area contributed by atoms with E-state index >= 15 is 0 Å². The first-order valence-corrected chi connectivity index (χ1v) is 11.3. The Bertz CT molecular complexity index is 1290. The predicted molar refractivity (Wildman–Crippen MR) is 135 cm³/mol. The van der Waals surface area contributed by atoms with Gasteiger partial charge in [0.15, 0.2) is 5.78 Å². The number of benzene rings is 3. The number of aromatic nitrogens is 2. The fourth-order valence-electron chi connectivity index (χ4n) is 3.82. The van der Waals surface area contributed by atoms with Crippen LogP contribution in [-0.4, -0.2) is 22.7 Å². The van der Waals surface area contributed by atoms with Gasteiger partial charge in [0.2, 0.25) is 0 Å². The van der Waals surface area contributed by atoms with Crippen LogP contribution in [0.2, 0.25) is 0 Å². The van der Waals surface area contributed by atoms with Crippen molar-refractivity contribution in [1.29, 1.82) is 0 Å². The minimum atomic E-state index is -0.0654. The molecule has 1 heterocycles. The smallest absolute Gasteiger partial charge is 0.189 e. The van der Waals surface area contributed by atoms with E-state index in [1.54, 1.807) is 19.4 Å². The number of ether oxygens (including phenoxy) is 2. The van der Waals surface area contributed by atoms with Crippen LogP contribution in [0.5, 0.6) is 11.5 Å². The van der Waals surface area contributed by atoms with Crippen molar-refractivity contribution < 1.29 is 14.3 Å².